The van der Waals surface area contributed by atoms with E-state index in [4.69, 9.17) is 20.4 Å². The van der Waals surface area contributed by atoms with Gasteiger partial charge in [0.1, 0.15) is 6.61 Å². The van der Waals surface area contributed by atoms with Crippen LogP contribution in [0.2, 0.25) is 0 Å². The monoisotopic (exact) mass is 289 g/mol. The quantitative estimate of drug-likeness (QED) is 0.268. The highest BCUT2D eigenvalue weighted by atomic mass is 16.5. The van der Waals surface area contributed by atoms with Crippen LogP contribution in [0.5, 0.6) is 5.88 Å². The number of hydrogen-bond acceptors (Lipinski definition) is 5. The molecule has 0 radical (unpaired) electrons. The highest BCUT2D eigenvalue weighted by Crippen LogP contribution is 2.21. The number of hydrogen-bond donors (Lipinski definition) is 2. The Morgan fingerprint density at radius 2 is 2.10 bits per heavy atom. The van der Waals surface area contributed by atoms with Gasteiger partial charge in [0.2, 0.25) is 5.88 Å². The summed E-state index contributed by atoms with van der Waals surface area (Å²) in [6, 6.07) is 9.13. The molecule has 2 aromatic rings. The molecule has 0 aliphatic carbocycles. The molecule has 2 rings (SSSR count). The Morgan fingerprint density at radius 3 is 2.86 bits per heavy atom. The summed E-state index contributed by atoms with van der Waals surface area (Å²) in [6.45, 7) is 3.67. The maximum atomic E-state index is 8.89. The fraction of sp³-hybridized carbons (Fsp3) is 0.333. The molecule has 0 fully saturated rings. The molecule has 0 amide bonds. The average molecular weight is 289 g/mol. The lowest BCUT2D eigenvalue weighted by Crippen LogP contribution is -2.15. The van der Waals surface area contributed by atoms with Crippen LogP contribution in [0.1, 0.15) is 18.9 Å². The second kappa shape index (κ2) is 7.44. The maximum absolute atomic E-state index is 8.89. The second-order valence-electron chi connectivity index (χ2n) is 4.47. The van der Waals surface area contributed by atoms with Crippen molar-refractivity contribution in [2.24, 2.45) is 10.9 Å². The first kappa shape index (κ1) is 15.1. The number of nitrogens with two attached hydrogens (primary N) is 1. The van der Waals surface area contributed by atoms with E-state index in [1.165, 1.54) is 0 Å². The highest BCUT2D eigenvalue weighted by Gasteiger charge is 2.10. The van der Waals surface area contributed by atoms with Gasteiger partial charge in [-0.25, -0.2) is 4.98 Å². The van der Waals surface area contributed by atoms with Gasteiger partial charge >= 0.3 is 0 Å². The summed E-state index contributed by atoms with van der Waals surface area (Å²) >= 11 is 0. The average Bonchev–Trinajstić information content (AvgIpc) is 2.53. The predicted octanol–water partition coefficient (Wildman–Crippen LogP) is 2.13. The number of pyridine rings is 1. The molecule has 112 valence electrons. The van der Waals surface area contributed by atoms with E-state index in [0.717, 1.165) is 17.3 Å². The van der Waals surface area contributed by atoms with Crippen molar-refractivity contribution in [3.8, 4) is 5.88 Å². The zero-order valence-corrected chi connectivity index (χ0v) is 12.0. The lowest BCUT2D eigenvalue weighted by atomic mass is 10.1. The molecule has 1 aromatic carbocycles. The number of benzene rings is 1. The fourth-order valence-corrected chi connectivity index (χ4v) is 1.94. The van der Waals surface area contributed by atoms with Crippen LogP contribution in [-0.2, 0) is 4.74 Å². The predicted molar refractivity (Wildman–Crippen MR) is 80.9 cm³/mol. The van der Waals surface area contributed by atoms with E-state index < -0.39 is 0 Å². The van der Waals surface area contributed by atoms with Gasteiger partial charge in [0.15, 0.2) is 5.84 Å². The maximum Gasteiger partial charge on any atom is 0.214 e. The van der Waals surface area contributed by atoms with E-state index in [0.29, 0.717) is 31.3 Å². The first-order chi connectivity index (χ1) is 10.3. The van der Waals surface area contributed by atoms with Crippen LogP contribution in [0, 0.1) is 0 Å². The van der Waals surface area contributed by atoms with Gasteiger partial charge in [-0.3, -0.25) is 0 Å². The van der Waals surface area contributed by atoms with E-state index >= 15 is 0 Å². The summed E-state index contributed by atoms with van der Waals surface area (Å²) < 4.78 is 10.9. The number of amidine groups is 1. The van der Waals surface area contributed by atoms with Crippen LogP contribution in [-0.4, -0.2) is 35.8 Å². The molecule has 0 bridgehead atoms. The standard InChI is InChI=1S/C15H19N3O3/c1-2-7-20-8-9-21-14-10-12(15(16)18-19)11-5-3-4-6-13(11)17-14/h3-6,10,19H,2,7-9H2,1H3,(H2,16,18). The van der Waals surface area contributed by atoms with Crippen molar-refractivity contribution in [2.75, 3.05) is 19.8 Å². The number of para-hydroxylation sites is 1. The van der Waals surface area contributed by atoms with Crippen molar-refractivity contribution in [3.63, 3.8) is 0 Å². The molecule has 0 unspecified atom stereocenters. The zero-order valence-electron chi connectivity index (χ0n) is 12.0. The van der Waals surface area contributed by atoms with Gasteiger partial charge in [-0.2, -0.15) is 0 Å². The summed E-state index contributed by atoms with van der Waals surface area (Å²) in [4.78, 5) is 4.40. The summed E-state index contributed by atoms with van der Waals surface area (Å²) in [5, 5.41) is 12.8. The number of aromatic nitrogens is 1. The summed E-state index contributed by atoms with van der Waals surface area (Å²) in [6.07, 6.45) is 0.974. The third-order valence-electron chi connectivity index (χ3n) is 2.90. The van der Waals surface area contributed by atoms with E-state index in [1.807, 2.05) is 24.3 Å². The van der Waals surface area contributed by atoms with Crippen molar-refractivity contribution in [2.45, 2.75) is 13.3 Å². The lowest BCUT2D eigenvalue weighted by molar-refractivity contribution is 0.0991. The third kappa shape index (κ3) is 3.82. The van der Waals surface area contributed by atoms with Crippen LogP contribution in [0.3, 0.4) is 0 Å². The van der Waals surface area contributed by atoms with Crippen LogP contribution in [0.4, 0.5) is 0 Å². The molecule has 6 nitrogen and oxygen atoms in total. The minimum Gasteiger partial charge on any atom is -0.475 e. The molecule has 0 aliphatic rings. The van der Waals surface area contributed by atoms with Crippen LogP contribution in [0.25, 0.3) is 10.9 Å². The smallest absolute Gasteiger partial charge is 0.214 e. The molecule has 6 heteroatoms. The molecule has 0 spiro atoms. The Kier molecular flexibility index (Phi) is 5.34. The zero-order chi connectivity index (χ0) is 15.1. The van der Waals surface area contributed by atoms with E-state index in [-0.39, 0.29) is 5.84 Å². The Labute approximate surface area is 123 Å². The van der Waals surface area contributed by atoms with Crippen molar-refractivity contribution in [1.82, 2.24) is 4.98 Å². The second-order valence-corrected chi connectivity index (χ2v) is 4.47. The molecular weight excluding hydrogens is 270 g/mol. The molecule has 3 N–H and O–H groups in total. The van der Waals surface area contributed by atoms with Gasteiger partial charge in [0.05, 0.1) is 12.1 Å². The van der Waals surface area contributed by atoms with Crippen molar-refractivity contribution in [1.29, 1.82) is 0 Å². The fourth-order valence-electron chi connectivity index (χ4n) is 1.94. The van der Waals surface area contributed by atoms with Gasteiger partial charge in [0, 0.05) is 23.6 Å². The summed E-state index contributed by atoms with van der Waals surface area (Å²) in [5.74, 6) is 0.455. The Bertz CT molecular complexity index is 629. The number of fused-ring (bicyclic) bond motifs is 1. The summed E-state index contributed by atoms with van der Waals surface area (Å²) in [7, 11) is 0. The Morgan fingerprint density at radius 1 is 1.29 bits per heavy atom. The topological polar surface area (TPSA) is 90.0 Å². The van der Waals surface area contributed by atoms with Gasteiger partial charge in [0.25, 0.3) is 0 Å². The van der Waals surface area contributed by atoms with Crippen molar-refractivity contribution >= 4 is 16.7 Å². The molecule has 0 aliphatic heterocycles. The highest BCUT2D eigenvalue weighted by molar-refractivity contribution is 6.08. The number of nitrogens with zero attached hydrogens (tertiary/aromatic N) is 2. The van der Waals surface area contributed by atoms with Gasteiger partial charge in [-0.05, 0) is 12.5 Å². The molecule has 0 atom stereocenters. The molecular formula is C15H19N3O3. The van der Waals surface area contributed by atoms with E-state index in [1.54, 1.807) is 6.07 Å². The van der Waals surface area contributed by atoms with Gasteiger partial charge in [-0.15, -0.1) is 0 Å². The Hall–Kier alpha value is -2.34. The lowest BCUT2D eigenvalue weighted by Gasteiger charge is -2.10. The molecule has 0 saturated carbocycles. The third-order valence-corrected chi connectivity index (χ3v) is 2.90. The van der Waals surface area contributed by atoms with Crippen LogP contribution >= 0.6 is 0 Å². The molecule has 21 heavy (non-hydrogen) atoms. The summed E-state index contributed by atoms with van der Waals surface area (Å²) in [5.41, 5.74) is 7.03. The molecule has 1 aromatic heterocycles. The minimum atomic E-state index is 0.0284. The minimum absolute atomic E-state index is 0.0284. The van der Waals surface area contributed by atoms with E-state index in [2.05, 4.69) is 17.1 Å². The van der Waals surface area contributed by atoms with Gasteiger partial charge in [-0.1, -0.05) is 30.3 Å². The van der Waals surface area contributed by atoms with Gasteiger partial charge < -0.3 is 20.4 Å². The van der Waals surface area contributed by atoms with E-state index in [9.17, 15) is 0 Å². The normalized spacial score (nSPS) is 11.8. The first-order valence-corrected chi connectivity index (χ1v) is 6.84. The molecule has 1 heterocycles. The van der Waals surface area contributed by atoms with Crippen molar-refractivity contribution in [3.05, 3.63) is 35.9 Å². The number of ether oxygens (including phenoxy) is 2. The van der Waals surface area contributed by atoms with Crippen molar-refractivity contribution < 1.29 is 14.7 Å². The number of oxime groups is 1. The molecule has 0 saturated heterocycles. The van der Waals surface area contributed by atoms with Crippen LogP contribution in [0.15, 0.2) is 35.5 Å². The van der Waals surface area contributed by atoms with Crippen LogP contribution < -0.4 is 10.5 Å². The Balaban J connectivity index is 2.21. The SMILES string of the molecule is CCCOCCOc1cc(C(N)=NO)c2ccccc2n1. The first-order valence-electron chi connectivity index (χ1n) is 6.84. The largest absolute Gasteiger partial charge is 0.475 e. The number of rotatable bonds is 7.